The largest absolute Gasteiger partial charge is 0.349 e. The van der Waals surface area contributed by atoms with Crippen molar-refractivity contribution in [3.63, 3.8) is 0 Å². The minimum atomic E-state index is 0.186. The molecule has 0 aliphatic carbocycles. The highest BCUT2D eigenvalue weighted by molar-refractivity contribution is 5.77. The van der Waals surface area contributed by atoms with E-state index in [1.165, 1.54) is 11.1 Å². The SMILES string of the molecule is CC(C)c1cccc(C2CCCC(=O)N2)c1. The summed E-state index contributed by atoms with van der Waals surface area (Å²) in [4.78, 5) is 11.4. The Morgan fingerprint density at radius 3 is 2.88 bits per heavy atom. The van der Waals surface area contributed by atoms with Crippen LogP contribution in [0.3, 0.4) is 0 Å². The first-order chi connectivity index (χ1) is 7.66. The Kier molecular flexibility index (Phi) is 3.28. The van der Waals surface area contributed by atoms with E-state index in [2.05, 4.69) is 43.4 Å². The van der Waals surface area contributed by atoms with E-state index in [4.69, 9.17) is 0 Å². The molecule has 1 N–H and O–H groups in total. The van der Waals surface area contributed by atoms with Crippen molar-refractivity contribution in [3.05, 3.63) is 35.4 Å². The van der Waals surface area contributed by atoms with Gasteiger partial charge >= 0.3 is 0 Å². The number of benzene rings is 1. The van der Waals surface area contributed by atoms with E-state index in [-0.39, 0.29) is 11.9 Å². The van der Waals surface area contributed by atoms with Crippen molar-refractivity contribution >= 4 is 5.91 Å². The van der Waals surface area contributed by atoms with Gasteiger partial charge in [-0.3, -0.25) is 4.79 Å². The van der Waals surface area contributed by atoms with Crippen LogP contribution in [-0.4, -0.2) is 5.91 Å². The van der Waals surface area contributed by atoms with Crippen LogP contribution in [0.15, 0.2) is 24.3 Å². The Labute approximate surface area is 97.1 Å². The number of hydrogen-bond acceptors (Lipinski definition) is 1. The summed E-state index contributed by atoms with van der Waals surface area (Å²) in [5.74, 6) is 0.727. The molecule has 2 heteroatoms. The van der Waals surface area contributed by atoms with Crippen LogP contribution in [0.25, 0.3) is 0 Å². The second-order valence-corrected chi connectivity index (χ2v) is 4.84. The summed E-state index contributed by atoms with van der Waals surface area (Å²) in [6.07, 6.45) is 2.75. The van der Waals surface area contributed by atoms with Gasteiger partial charge in [-0.05, 0) is 29.9 Å². The standard InChI is InChI=1S/C14H19NO/c1-10(2)11-5-3-6-12(9-11)13-7-4-8-14(16)15-13/h3,5-6,9-10,13H,4,7-8H2,1-2H3,(H,15,16). The summed E-state index contributed by atoms with van der Waals surface area (Å²) in [5, 5.41) is 3.06. The predicted molar refractivity (Wildman–Crippen MR) is 65.3 cm³/mol. The zero-order chi connectivity index (χ0) is 11.5. The number of carbonyl (C=O) groups excluding carboxylic acids is 1. The van der Waals surface area contributed by atoms with Gasteiger partial charge in [0.25, 0.3) is 0 Å². The maximum Gasteiger partial charge on any atom is 0.220 e. The fraction of sp³-hybridized carbons (Fsp3) is 0.500. The van der Waals surface area contributed by atoms with Crippen LogP contribution in [-0.2, 0) is 4.79 Å². The molecule has 1 aromatic carbocycles. The Balaban J connectivity index is 2.19. The van der Waals surface area contributed by atoms with Crippen LogP contribution in [0.2, 0.25) is 0 Å². The van der Waals surface area contributed by atoms with E-state index >= 15 is 0 Å². The van der Waals surface area contributed by atoms with Crippen molar-refractivity contribution in [2.45, 2.75) is 45.1 Å². The molecular weight excluding hydrogens is 198 g/mol. The second kappa shape index (κ2) is 4.69. The van der Waals surface area contributed by atoms with E-state index in [0.29, 0.717) is 12.3 Å². The molecular formula is C14H19NO. The summed E-state index contributed by atoms with van der Waals surface area (Å²) in [5.41, 5.74) is 2.59. The first-order valence-electron chi connectivity index (χ1n) is 6.06. The lowest BCUT2D eigenvalue weighted by molar-refractivity contribution is -0.123. The molecule has 0 saturated carbocycles. The molecule has 1 saturated heterocycles. The summed E-state index contributed by atoms with van der Waals surface area (Å²) in [7, 11) is 0. The molecule has 1 unspecified atom stereocenters. The molecule has 1 heterocycles. The van der Waals surface area contributed by atoms with Gasteiger partial charge < -0.3 is 5.32 Å². The number of carbonyl (C=O) groups is 1. The van der Waals surface area contributed by atoms with Gasteiger partial charge in [-0.15, -0.1) is 0 Å². The normalized spacial score (nSPS) is 20.9. The molecule has 0 aromatic heterocycles. The molecule has 86 valence electrons. The smallest absolute Gasteiger partial charge is 0.220 e. The van der Waals surface area contributed by atoms with Gasteiger partial charge in [-0.2, -0.15) is 0 Å². The first kappa shape index (κ1) is 11.2. The van der Waals surface area contributed by atoms with E-state index in [1.54, 1.807) is 0 Å². The Morgan fingerprint density at radius 1 is 1.38 bits per heavy atom. The average Bonchev–Trinajstić information content (AvgIpc) is 2.29. The minimum Gasteiger partial charge on any atom is -0.349 e. The lowest BCUT2D eigenvalue weighted by Crippen LogP contribution is -2.32. The summed E-state index contributed by atoms with van der Waals surface area (Å²) in [6.45, 7) is 4.39. The van der Waals surface area contributed by atoms with Crippen LogP contribution in [0, 0.1) is 0 Å². The van der Waals surface area contributed by atoms with Crippen LogP contribution < -0.4 is 5.32 Å². The van der Waals surface area contributed by atoms with Crippen molar-refractivity contribution in [2.24, 2.45) is 0 Å². The lowest BCUT2D eigenvalue weighted by atomic mass is 9.93. The van der Waals surface area contributed by atoms with E-state index in [0.717, 1.165) is 12.8 Å². The van der Waals surface area contributed by atoms with Crippen molar-refractivity contribution in [1.82, 2.24) is 5.32 Å². The highest BCUT2D eigenvalue weighted by Gasteiger charge is 2.19. The molecule has 1 fully saturated rings. The van der Waals surface area contributed by atoms with Gasteiger partial charge in [0.1, 0.15) is 0 Å². The van der Waals surface area contributed by atoms with Gasteiger partial charge in [-0.25, -0.2) is 0 Å². The Bertz CT molecular complexity index is 384. The molecule has 1 aromatic rings. The van der Waals surface area contributed by atoms with E-state index < -0.39 is 0 Å². The van der Waals surface area contributed by atoms with Gasteiger partial charge in [-0.1, -0.05) is 38.1 Å². The molecule has 0 radical (unpaired) electrons. The third-order valence-corrected chi connectivity index (χ3v) is 3.21. The third-order valence-electron chi connectivity index (χ3n) is 3.21. The molecule has 1 aliphatic rings. The quantitative estimate of drug-likeness (QED) is 0.810. The number of piperidine rings is 1. The highest BCUT2D eigenvalue weighted by Crippen LogP contribution is 2.25. The third kappa shape index (κ3) is 2.43. The fourth-order valence-corrected chi connectivity index (χ4v) is 2.19. The molecule has 1 amide bonds. The highest BCUT2D eigenvalue weighted by atomic mass is 16.1. The Morgan fingerprint density at radius 2 is 2.19 bits per heavy atom. The molecule has 1 atom stereocenters. The number of hydrogen-bond donors (Lipinski definition) is 1. The fourth-order valence-electron chi connectivity index (χ4n) is 2.19. The van der Waals surface area contributed by atoms with Gasteiger partial charge in [0.2, 0.25) is 5.91 Å². The number of rotatable bonds is 2. The van der Waals surface area contributed by atoms with Gasteiger partial charge in [0.05, 0.1) is 6.04 Å². The number of amides is 1. The maximum atomic E-state index is 11.4. The van der Waals surface area contributed by atoms with E-state index in [1.807, 2.05) is 0 Å². The second-order valence-electron chi connectivity index (χ2n) is 4.84. The Hall–Kier alpha value is -1.31. The maximum absolute atomic E-state index is 11.4. The topological polar surface area (TPSA) is 29.1 Å². The molecule has 0 bridgehead atoms. The van der Waals surface area contributed by atoms with Crippen LogP contribution in [0.4, 0.5) is 0 Å². The van der Waals surface area contributed by atoms with Crippen molar-refractivity contribution in [1.29, 1.82) is 0 Å². The van der Waals surface area contributed by atoms with Crippen LogP contribution in [0.1, 0.15) is 56.2 Å². The summed E-state index contributed by atoms with van der Waals surface area (Å²) >= 11 is 0. The molecule has 2 nitrogen and oxygen atoms in total. The minimum absolute atomic E-state index is 0.186. The monoisotopic (exact) mass is 217 g/mol. The zero-order valence-electron chi connectivity index (χ0n) is 9.99. The molecule has 2 rings (SSSR count). The molecule has 16 heavy (non-hydrogen) atoms. The number of nitrogens with one attached hydrogen (secondary N) is 1. The van der Waals surface area contributed by atoms with Crippen LogP contribution >= 0.6 is 0 Å². The van der Waals surface area contributed by atoms with Crippen molar-refractivity contribution < 1.29 is 4.79 Å². The van der Waals surface area contributed by atoms with E-state index in [9.17, 15) is 4.79 Å². The predicted octanol–water partition coefficient (Wildman–Crippen LogP) is 3.15. The van der Waals surface area contributed by atoms with Crippen LogP contribution in [0.5, 0.6) is 0 Å². The first-order valence-corrected chi connectivity index (χ1v) is 6.06. The lowest BCUT2D eigenvalue weighted by Gasteiger charge is -2.24. The summed E-state index contributed by atoms with van der Waals surface area (Å²) in [6, 6.07) is 8.80. The van der Waals surface area contributed by atoms with Gasteiger partial charge in [0, 0.05) is 6.42 Å². The van der Waals surface area contributed by atoms with Crippen molar-refractivity contribution in [3.8, 4) is 0 Å². The zero-order valence-corrected chi connectivity index (χ0v) is 9.99. The molecule has 1 aliphatic heterocycles. The molecule has 0 spiro atoms. The summed E-state index contributed by atoms with van der Waals surface area (Å²) < 4.78 is 0. The average molecular weight is 217 g/mol. The van der Waals surface area contributed by atoms with Crippen molar-refractivity contribution in [2.75, 3.05) is 0 Å². The van der Waals surface area contributed by atoms with Gasteiger partial charge in [0.15, 0.2) is 0 Å².